The number of piperazine rings is 1. The summed E-state index contributed by atoms with van der Waals surface area (Å²) in [6.45, 7) is 4.43. The molecule has 0 aromatic heterocycles. The minimum Gasteiger partial charge on any atom is -0.336 e. The van der Waals surface area contributed by atoms with Gasteiger partial charge in [-0.3, -0.25) is 9.52 Å². The van der Waals surface area contributed by atoms with Crippen LogP contribution >= 0.6 is 0 Å². The van der Waals surface area contributed by atoms with Crippen LogP contribution in [-0.2, 0) is 10.0 Å². The molecule has 3 rings (SSSR count). The van der Waals surface area contributed by atoms with E-state index >= 15 is 0 Å². The third-order valence-electron chi connectivity index (χ3n) is 4.61. The maximum atomic E-state index is 13.7. The van der Waals surface area contributed by atoms with Gasteiger partial charge in [-0.2, -0.15) is 0 Å². The Bertz CT molecular complexity index is 954. The number of carbonyl (C=O) groups excluding carboxylic acids is 1. The Balaban J connectivity index is 1.79. The number of nitrogens with one attached hydrogen (secondary N) is 1. The molecule has 8 heteroatoms. The second-order valence-corrected chi connectivity index (χ2v) is 8.38. The Labute approximate surface area is 158 Å². The normalized spacial score (nSPS) is 15.6. The van der Waals surface area contributed by atoms with Crippen LogP contribution in [0.1, 0.15) is 15.9 Å². The molecule has 1 saturated heterocycles. The van der Waals surface area contributed by atoms with E-state index in [1.165, 1.54) is 18.2 Å². The molecule has 1 aliphatic heterocycles. The summed E-state index contributed by atoms with van der Waals surface area (Å²) in [7, 11) is -1.94. The van der Waals surface area contributed by atoms with E-state index in [2.05, 4.69) is 9.62 Å². The molecule has 0 atom stereocenters. The minimum absolute atomic E-state index is 0.134. The van der Waals surface area contributed by atoms with E-state index in [1.54, 1.807) is 30.0 Å². The molecule has 1 amide bonds. The monoisotopic (exact) mass is 391 g/mol. The van der Waals surface area contributed by atoms with Crippen LogP contribution in [0.4, 0.5) is 10.1 Å². The van der Waals surface area contributed by atoms with Crippen molar-refractivity contribution >= 4 is 21.6 Å². The summed E-state index contributed by atoms with van der Waals surface area (Å²) < 4.78 is 41.1. The highest BCUT2D eigenvalue weighted by molar-refractivity contribution is 7.92. The number of carbonyl (C=O) groups is 1. The number of nitrogens with zero attached hydrogens (tertiary/aromatic N) is 2. The second kappa shape index (κ2) is 7.66. The van der Waals surface area contributed by atoms with E-state index in [1.807, 2.05) is 7.05 Å². The number of aryl methyl sites for hydroxylation is 1. The summed E-state index contributed by atoms with van der Waals surface area (Å²) in [5.41, 5.74) is 1.04. The fourth-order valence-corrected chi connectivity index (χ4v) is 3.92. The first-order chi connectivity index (χ1) is 12.8. The van der Waals surface area contributed by atoms with Crippen molar-refractivity contribution in [2.45, 2.75) is 11.8 Å². The van der Waals surface area contributed by atoms with Crippen molar-refractivity contribution in [3.8, 4) is 0 Å². The summed E-state index contributed by atoms with van der Waals surface area (Å²) in [5, 5.41) is 0. The molecule has 27 heavy (non-hydrogen) atoms. The van der Waals surface area contributed by atoms with Crippen LogP contribution in [0.5, 0.6) is 0 Å². The number of hydrogen-bond acceptors (Lipinski definition) is 4. The van der Waals surface area contributed by atoms with E-state index in [-0.39, 0.29) is 16.5 Å². The summed E-state index contributed by atoms with van der Waals surface area (Å²) in [6, 6.07) is 10.1. The van der Waals surface area contributed by atoms with Crippen LogP contribution in [0, 0.1) is 12.7 Å². The summed E-state index contributed by atoms with van der Waals surface area (Å²) >= 11 is 0. The third kappa shape index (κ3) is 4.45. The number of halogens is 1. The fraction of sp³-hybridized carbons (Fsp3) is 0.316. The second-order valence-electron chi connectivity index (χ2n) is 6.69. The van der Waals surface area contributed by atoms with Crippen LogP contribution in [-0.4, -0.2) is 57.4 Å². The lowest BCUT2D eigenvalue weighted by Gasteiger charge is -2.32. The SMILES string of the molecule is Cc1ccc(S(=O)(=O)Nc2cccc(C(=O)N3CCN(C)CC3)c2)cc1F. The lowest BCUT2D eigenvalue weighted by atomic mass is 10.1. The van der Waals surface area contributed by atoms with Gasteiger partial charge in [0.2, 0.25) is 0 Å². The van der Waals surface area contributed by atoms with Gasteiger partial charge in [0.05, 0.1) is 4.90 Å². The number of anilines is 1. The van der Waals surface area contributed by atoms with Crippen LogP contribution in [0.2, 0.25) is 0 Å². The standard InChI is InChI=1S/C19H22FN3O3S/c1-14-6-7-17(13-18(14)20)27(25,26)21-16-5-3-4-15(12-16)19(24)23-10-8-22(2)9-11-23/h3-7,12-13,21H,8-11H2,1-2H3. The number of benzene rings is 2. The van der Waals surface area contributed by atoms with Gasteiger partial charge in [0.1, 0.15) is 5.82 Å². The summed E-state index contributed by atoms with van der Waals surface area (Å²) in [4.78, 5) is 16.4. The Morgan fingerprint density at radius 2 is 1.78 bits per heavy atom. The largest absolute Gasteiger partial charge is 0.336 e. The van der Waals surface area contributed by atoms with E-state index in [0.29, 0.717) is 24.2 Å². The maximum absolute atomic E-state index is 13.7. The molecular weight excluding hydrogens is 369 g/mol. The Morgan fingerprint density at radius 1 is 1.07 bits per heavy atom. The first-order valence-corrected chi connectivity index (χ1v) is 10.1. The van der Waals surface area contributed by atoms with E-state index in [0.717, 1.165) is 19.2 Å². The molecule has 1 aliphatic rings. The van der Waals surface area contributed by atoms with Gasteiger partial charge in [0.15, 0.2) is 0 Å². The van der Waals surface area contributed by atoms with Crippen molar-refractivity contribution < 1.29 is 17.6 Å². The van der Waals surface area contributed by atoms with Gasteiger partial charge in [-0.15, -0.1) is 0 Å². The highest BCUT2D eigenvalue weighted by atomic mass is 32.2. The van der Waals surface area contributed by atoms with Crippen molar-refractivity contribution in [3.63, 3.8) is 0 Å². The summed E-state index contributed by atoms with van der Waals surface area (Å²) in [5.74, 6) is -0.720. The number of likely N-dealkylation sites (N-methyl/N-ethyl adjacent to an activating group) is 1. The van der Waals surface area contributed by atoms with Crippen LogP contribution in [0.15, 0.2) is 47.4 Å². The number of sulfonamides is 1. The van der Waals surface area contributed by atoms with Gasteiger partial charge in [-0.25, -0.2) is 12.8 Å². The van der Waals surface area contributed by atoms with Crippen molar-refractivity contribution in [2.75, 3.05) is 37.9 Å². The topological polar surface area (TPSA) is 69.7 Å². The van der Waals surface area contributed by atoms with E-state index in [4.69, 9.17) is 0 Å². The van der Waals surface area contributed by atoms with Gasteiger partial charge >= 0.3 is 0 Å². The van der Waals surface area contributed by atoms with Gasteiger partial charge in [-0.05, 0) is 49.9 Å². The highest BCUT2D eigenvalue weighted by Crippen LogP contribution is 2.20. The predicted molar refractivity (Wildman–Crippen MR) is 102 cm³/mol. The number of amides is 1. The van der Waals surface area contributed by atoms with Gasteiger partial charge in [0, 0.05) is 37.4 Å². The van der Waals surface area contributed by atoms with Gasteiger partial charge < -0.3 is 9.80 Å². The zero-order valence-electron chi connectivity index (χ0n) is 15.3. The number of hydrogen-bond donors (Lipinski definition) is 1. The Hall–Kier alpha value is -2.45. The smallest absolute Gasteiger partial charge is 0.261 e. The van der Waals surface area contributed by atoms with Crippen molar-refractivity contribution in [1.82, 2.24) is 9.80 Å². The molecule has 0 radical (unpaired) electrons. The molecule has 0 aliphatic carbocycles. The quantitative estimate of drug-likeness (QED) is 0.869. The van der Waals surface area contributed by atoms with E-state index < -0.39 is 15.8 Å². The van der Waals surface area contributed by atoms with Crippen LogP contribution in [0.25, 0.3) is 0 Å². The maximum Gasteiger partial charge on any atom is 0.261 e. The number of rotatable bonds is 4. The molecule has 0 bridgehead atoms. The lowest BCUT2D eigenvalue weighted by Crippen LogP contribution is -2.47. The van der Waals surface area contributed by atoms with Gasteiger partial charge in [-0.1, -0.05) is 12.1 Å². The zero-order valence-corrected chi connectivity index (χ0v) is 16.1. The molecule has 0 saturated carbocycles. The van der Waals surface area contributed by atoms with Crippen molar-refractivity contribution in [2.24, 2.45) is 0 Å². The average molecular weight is 391 g/mol. The molecule has 0 unspecified atom stereocenters. The average Bonchev–Trinajstić information content (AvgIpc) is 2.64. The van der Waals surface area contributed by atoms with Crippen molar-refractivity contribution in [1.29, 1.82) is 0 Å². The molecule has 2 aromatic carbocycles. The molecule has 0 spiro atoms. The third-order valence-corrected chi connectivity index (χ3v) is 5.98. The fourth-order valence-electron chi connectivity index (χ4n) is 2.86. The predicted octanol–water partition coefficient (Wildman–Crippen LogP) is 2.32. The molecule has 1 heterocycles. The Morgan fingerprint density at radius 3 is 2.44 bits per heavy atom. The molecule has 1 fully saturated rings. The molecule has 6 nitrogen and oxygen atoms in total. The summed E-state index contributed by atoms with van der Waals surface area (Å²) in [6.07, 6.45) is 0. The Kier molecular flexibility index (Phi) is 5.48. The van der Waals surface area contributed by atoms with Gasteiger partial charge in [0.25, 0.3) is 15.9 Å². The highest BCUT2D eigenvalue weighted by Gasteiger charge is 2.21. The minimum atomic E-state index is -3.95. The van der Waals surface area contributed by atoms with Crippen molar-refractivity contribution in [3.05, 3.63) is 59.4 Å². The van der Waals surface area contributed by atoms with Crippen LogP contribution < -0.4 is 4.72 Å². The van der Waals surface area contributed by atoms with E-state index in [9.17, 15) is 17.6 Å². The molecule has 144 valence electrons. The molecule has 1 N–H and O–H groups in total. The molecular formula is C19H22FN3O3S. The lowest BCUT2D eigenvalue weighted by molar-refractivity contribution is 0.0664. The first kappa shape index (κ1) is 19.3. The zero-order chi connectivity index (χ0) is 19.6. The van der Waals surface area contributed by atoms with Crippen LogP contribution in [0.3, 0.4) is 0 Å². The molecule has 2 aromatic rings. The first-order valence-electron chi connectivity index (χ1n) is 8.63.